The highest BCUT2D eigenvalue weighted by Crippen LogP contribution is 2.24. The summed E-state index contributed by atoms with van der Waals surface area (Å²) >= 11 is 11.6. The van der Waals surface area contributed by atoms with Crippen LogP contribution in [0.1, 0.15) is 18.5 Å². The molecule has 68 valence electrons. The summed E-state index contributed by atoms with van der Waals surface area (Å²) in [5.74, 6) is 0. The summed E-state index contributed by atoms with van der Waals surface area (Å²) in [6.07, 6.45) is 0. The molecule has 0 amide bonds. The van der Waals surface area contributed by atoms with Crippen LogP contribution in [-0.2, 0) is 0 Å². The highest BCUT2D eigenvalue weighted by molar-refractivity contribution is 6.33. The van der Waals surface area contributed by atoms with E-state index in [2.05, 4.69) is 0 Å². The molecule has 1 aromatic rings. The molecule has 0 aromatic heterocycles. The first-order valence-corrected chi connectivity index (χ1v) is 4.07. The zero-order chi connectivity index (χ0) is 8.43. The fourth-order valence-corrected chi connectivity index (χ4v) is 1.33. The lowest BCUT2D eigenvalue weighted by Gasteiger charge is -2.07. The minimum absolute atomic E-state index is 0. The monoisotopic (exact) mass is 225 g/mol. The largest absolute Gasteiger partial charge is 0.324 e. The fraction of sp³-hybridized carbons (Fsp3) is 0.250. The smallest absolute Gasteiger partial charge is 0.0454 e. The molecule has 2 N–H and O–H groups in total. The zero-order valence-corrected chi connectivity index (χ0v) is 8.88. The van der Waals surface area contributed by atoms with Crippen LogP contribution in [0.3, 0.4) is 0 Å². The fourth-order valence-electron chi connectivity index (χ4n) is 0.864. The lowest BCUT2D eigenvalue weighted by Crippen LogP contribution is -2.05. The van der Waals surface area contributed by atoms with Gasteiger partial charge in [0.1, 0.15) is 0 Å². The predicted octanol–water partition coefficient (Wildman–Crippen LogP) is 3.43. The van der Waals surface area contributed by atoms with Gasteiger partial charge in [0.15, 0.2) is 0 Å². The standard InChI is InChI=1S/C8H9Cl2N.ClH/c1-5(11)7-4-6(9)2-3-8(7)10;/h2-5H,11H2,1H3;1H/t5-;/m1./s1. The van der Waals surface area contributed by atoms with E-state index >= 15 is 0 Å². The summed E-state index contributed by atoms with van der Waals surface area (Å²) in [6, 6.07) is 5.22. The van der Waals surface area contributed by atoms with Crippen molar-refractivity contribution in [1.82, 2.24) is 0 Å². The van der Waals surface area contributed by atoms with Crippen LogP contribution in [0.25, 0.3) is 0 Å². The Morgan fingerprint density at radius 2 is 1.92 bits per heavy atom. The number of nitrogens with two attached hydrogens (primary N) is 1. The van der Waals surface area contributed by atoms with Crippen LogP contribution in [0.2, 0.25) is 10.0 Å². The first-order valence-electron chi connectivity index (χ1n) is 3.32. The third-order valence-electron chi connectivity index (χ3n) is 1.45. The van der Waals surface area contributed by atoms with Crippen LogP contribution in [0.4, 0.5) is 0 Å². The molecule has 1 nitrogen and oxygen atoms in total. The molecular formula is C8H10Cl3N. The maximum Gasteiger partial charge on any atom is 0.0454 e. The molecule has 4 heteroatoms. The van der Waals surface area contributed by atoms with E-state index in [9.17, 15) is 0 Å². The van der Waals surface area contributed by atoms with Gasteiger partial charge in [-0.2, -0.15) is 0 Å². The van der Waals surface area contributed by atoms with E-state index in [1.165, 1.54) is 0 Å². The summed E-state index contributed by atoms with van der Waals surface area (Å²) in [7, 11) is 0. The summed E-state index contributed by atoms with van der Waals surface area (Å²) in [6.45, 7) is 1.87. The molecule has 1 aromatic carbocycles. The Labute approximate surface area is 88.3 Å². The van der Waals surface area contributed by atoms with Crippen molar-refractivity contribution in [2.75, 3.05) is 0 Å². The van der Waals surface area contributed by atoms with Crippen molar-refractivity contribution in [2.45, 2.75) is 13.0 Å². The molecule has 0 spiro atoms. The molecule has 0 bridgehead atoms. The summed E-state index contributed by atoms with van der Waals surface area (Å²) < 4.78 is 0. The van der Waals surface area contributed by atoms with Gasteiger partial charge in [0.05, 0.1) is 0 Å². The minimum Gasteiger partial charge on any atom is -0.324 e. The number of hydrogen-bond acceptors (Lipinski definition) is 1. The van der Waals surface area contributed by atoms with Crippen molar-refractivity contribution in [1.29, 1.82) is 0 Å². The summed E-state index contributed by atoms with van der Waals surface area (Å²) in [5, 5.41) is 1.34. The van der Waals surface area contributed by atoms with Gasteiger partial charge < -0.3 is 5.73 Å². The molecule has 0 fully saturated rings. The molecule has 1 rings (SSSR count). The average Bonchev–Trinajstić information content (AvgIpc) is 1.94. The van der Waals surface area contributed by atoms with Crippen LogP contribution < -0.4 is 5.73 Å². The molecule has 1 atom stereocenters. The second kappa shape index (κ2) is 4.93. The molecule has 0 aliphatic heterocycles. The van der Waals surface area contributed by atoms with Crippen LogP contribution in [0.15, 0.2) is 18.2 Å². The molecule has 0 saturated carbocycles. The van der Waals surface area contributed by atoms with Crippen molar-refractivity contribution >= 4 is 35.6 Å². The van der Waals surface area contributed by atoms with Gasteiger partial charge in [-0.1, -0.05) is 23.2 Å². The average molecular weight is 227 g/mol. The number of halogens is 3. The molecule has 0 unspecified atom stereocenters. The molecule has 0 radical (unpaired) electrons. The van der Waals surface area contributed by atoms with Crippen molar-refractivity contribution in [3.63, 3.8) is 0 Å². The van der Waals surface area contributed by atoms with Crippen LogP contribution >= 0.6 is 35.6 Å². The highest BCUT2D eigenvalue weighted by Gasteiger charge is 2.04. The number of benzene rings is 1. The van der Waals surface area contributed by atoms with E-state index < -0.39 is 0 Å². The molecule has 12 heavy (non-hydrogen) atoms. The quantitative estimate of drug-likeness (QED) is 0.780. The van der Waals surface area contributed by atoms with Gasteiger partial charge in [-0.05, 0) is 30.7 Å². The maximum atomic E-state index is 5.85. The zero-order valence-electron chi connectivity index (χ0n) is 6.55. The van der Waals surface area contributed by atoms with E-state index in [1.54, 1.807) is 18.2 Å². The second-order valence-corrected chi connectivity index (χ2v) is 3.30. The van der Waals surface area contributed by atoms with E-state index in [0.717, 1.165) is 5.56 Å². The van der Waals surface area contributed by atoms with Gasteiger partial charge in [0, 0.05) is 16.1 Å². The van der Waals surface area contributed by atoms with E-state index in [1.807, 2.05) is 6.92 Å². The van der Waals surface area contributed by atoms with Crippen LogP contribution in [0, 0.1) is 0 Å². The molecule has 0 saturated heterocycles. The number of rotatable bonds is 1. The Balaban J connectivity index is 0.00000121. The molecular weight excluding hydrogens is 216 g/mol. The van der Waals surface area contributed by atoms with Crippen LogP contribution in [-0.4, -0.2) is 0 Å². The van der Waals surface area contributed by atoms with Gasteiger partial charge in [-0.15, -0.1) is 12.4 Å². The maximum absolute atomic E-state index is 5.85. The molecule has 0 aliphatic rings. The third kappa shape index (κ3) is 2.83. The third-order valence-corrected chi connectivity index (χ3v) is 2.03. The Kier molecular flexibility index (Phi) is 4.95. The summed E-state index contributed by atoms with van der Waals surface area (Å²) in [4.78, 5) is 0. The van der Waals surface area contributed by atoms with E-state index in [0.29, 0.717) is 10.0 Å². The predicted molar refractivity (Wildman–Crippen MR) is 56.3 cm³/mol. The van der Waals surface area contributed by atoms with Gasteiger partial charge in [-0.3, -0.25) is 0 Å². The number of hydrogen-bond donors (Lipinski definition) is 1. The van der Waals surface area contributed by atoms with Crippen LogP contribution in [0.5, 0.6) is 0 Å². The normalized spacial score (nSPS) is 12.0. The lowest BCUT2D eigenvalue weighted by atomic mass is 10.1. The molecule has 0 aliphatic carbocycles. The van der Waals surface area contributed by atoms with Gasteiger partial charge >= 0.3 is 0 Å². The van der Waals surface area contributed by atoms with E-state index in [-0.39, 0.29) is 18.4 Å². The van der Waals surface area contributed by atoms with E-state index in [4.69, 9.17) is 28.9 Å². The topological polar surface area (TPSA) is 26.0 Å². The van der Waals surface area contributed by atoms with Crippen molar-refractivity contribution in [3.05, 3.63) is 33.8 Å². The van der Waals surface area contributed by atoms with Gasteiger partial charge in [0.25, 0.3) is 0 Å². The second-order valence-electron chi connectivity index (χ2n) is 2.45. The highest BCUT2D eigenvalue weighted by atomic mass is 35.5. The lowest BCUT2D eigenvalue weighted by molar-refractivity contribution is 0.818. The Hall–Kier alpha value is 0.0500. The minimum atomic E-state index is -0.0683. The van der Waals surface area contributed by atoms with Crippen molar-refractivity contribution in [2.24, 2.45) is 5.73 Å². The Morgan fingerprint density at radius 1 is 1.33 bits per heavy atom. The van der Waals surface area contributed by atoms with Gasteiger partial charge in [-0.25, -0.2) is 0 Å². The Bertz CT molecular complexity index is 260. The first kappa shape index (κ1) is 12.0. The summed E-state index contributed by atoms with van der Waals surface area (Å²) in [5.41, 5.74) is 6.53. The van der Waals surface area contributed by atoms with Gasteiger partial charge in [0.2, 0.25) is 0 Å². The SMILES string of the molecule is C[C@@H](N)c1cc(Cl)ccc1Cl.Cl. The van der Waals surface area contributed by atoms with Crippen molar-refractivity contribution in [3.8, 4) is 0 Å². The Morgan fingerprint density at radius 3 is 2.33 bits per heavy atom. The molecule has 0 heterocycles. The first-order chi connectivity index (χ1) is 5.11. The van der Waals surface area contributed by atoms with Crippen molar-refractivity contribution < 1.29 is 0 Å².